The van der Waals surface area contributed by atoms with E-state index in [0.29, 0.717) is 5.41 Å². The molecule has 2 unspecified atom stereocenters. The lowest BCUT2D eigenvalue weighted by atomic mass is 9.69. The first-order chi connectivity index (χ1) is 6.22. The van der Waals surface area contributed by atoms with Crippen molar-refractivity contribution >= 4 is 5.97 Å². The first kappa shape index (κ1) is 9.00. The molecule has 0 amide bonds. The highest BCUT2D eigenvalue weighted by atomic mass is 16.4. The molecule has 3 nitrogen and oxygen atoms in total. The van der Waals surface area contributed by atoms with Gasteiger partial charge in [0.05, 0.1) is 5.92 Å². The second kappa shape index (κ2) is 3.29. The van der Waals surface area contributed by atoms with Gasteiger partial charge in [-0.3, -0.25) is 4.79 Å². The summed E-state index contributed by atoms with van der Waals surface area (Å²) in [6.07, 6.45) is 5.28. The zero-order valence-electron chi connectivity index (χ0n) is 7.88. The minimum absolute atomic E-state index is 0.0753. The van der Waals surface area contributed by atoms with Crippen LogP contribution in [-0.4, -0.2) is 24.2 Å². The summed E-state index contributed by atoms with van der Waals surface area (Å²) in [6, 6.07) is 0. The molecule has 0 aromatic rings. The average molecular weight is 183 g/mol. The predicted octanol–water partition coefficient (Wildman–Crippen LogP) is 1.24. The van der Waals surface area contributed by atoms with E-state index < -0.39 is 5.97 Å². The Hall–Kier alpha value is -0.570. The predicted molar refractivity (Wildman–Crippen MR) is 49.5 cm³/mol. The molecule has 1 saturated carbocycles. The quantitative estimate of drug-likeness (QED) is 0.643. The van der Waals surface area contributed by atoms with E-state index in [-0.39, 0.29) is 5.92 Å². The molecule has 1 aliphatic heterocycles. The van der Waals surface area contributed by atoms with Gasteiger partial charge in [-0.15, -0.1) is 0 Å². The maximum Gasteiger partial charge on any atom is 0.306 e. The van der Waals surface area contributed by atoms with Crippen LogP contribution in [0.3, 0.4) is 0 Å². The molecule has 0 bridgehead atoms. The van der Waals surface area contributed by atoms with Gasteiger partial charge in [0.1, 0.15) is 0 Å². The Morgan fingerprint density at radius 1 is 1.46 bits per heavy atom. The number of rotatable bonds is 1. The van der Waals surface area contributed by atoms with Crippen LogP contribution in [0.2, 0.25) is 0 Å². The Bertz CT molecular complexity index is 209. The van der Waals surface area contributed by atoms with Crippen LogP contribution in [0.25, 0.3) is 0 Å². The number of carboxylic acids is 1. The lowest BCUT2D eigenvalue weighted by molar-refractivity contribution is -0.144. The monoisotopic (exact) mass is 183 g/mol. The van der Waals surface area contributed by atoms with Crippen molar-refractivity contribution in [3.8, 4) is 0 Å². The average Bonchev–Trinajstić information content (AvgIpc) is 2.53. The van der Waals surface area contributed by atoms with Gasteiger partial charge in [-0.05, 0) is 37.6 Å². The van der Waals surface area contributed by atoms with Gasteiger partial charge in [0.2, 0.25) is 0 Å². The number of carbonyl (C=O) groups is 1. The van der Waals surface area contributed by atoms with Crippen molar-refractivity contribution in [2.24, 2.45) is 11.3 Å². The molecule has 74 valence electrons. The second-order valence-corrected chi connectivity index (χ2v) is 4.56. The van der Waals surface area contributed by atoms with Crippen LogP contribution in [0.5, 0.6) is 0 Å². The van der Waals surface area contributed by atoms with E-state index in [2.05, 4.69) is 5.32 Å². The van der Waals surface area contributed by atoms with Crippen LogP contribution in [0.4, 0.5) is 0 Å². The fraction of sp³-hybridized carbons (Fsp3) is 0.900. The summed E-state index contributed by atoms with van der Waals surface area (Å²) in [7, 11) is 0. The van der Waals surface area contributed by atoms with Gasteiger partial charge in [-0.2, -0.15) is 0 Å². The van der Waals surface area contributed by atoms with Crippen molar-refractivity contribution in [2.75, 3.05) is 13.1 Å². The maximum absolute atomic E-state index is 10.9. The molecule has 2 atom stereocenters. The number of nitrogens with one attached hydrogen (secondary N) is 1. The molecule has 1 spiro atoms. The van der Waals surface area contributed by atoms with E-state index in [4.69, 9.17) is 5.11 Å². The van der Waals surface area contributed by atoms with Gasteiger partial charge in [0.25, 0.3) is 0 Å². The fourth-order valence-electron chi connectivity index (χ4n) is 2.84. The summed E-state index contributed by atoms with van der Waals surface area (Å²) in [5.74, 6) is -0.667. The van der Waals surface area contributed by atoms with Gasteiger partial charge >= 0.3 is 5.97 Å². The van der Waals surface area contributed by atoms with Crippen molar-refractivity contribution < 1.29 is 9.90 Å². The van der Waals surface area contributed by atoms with Crippen LogP contribution >= 0.6 is 0 Å². The third-order valence-electron chi connectivity index (χ3n) is 3.62. The van der Waals surface area contributed by atoms with Crippen molar-refractivity contribution in [1.29, 1.82) is 0 Å². The summed E-state index contributed by atoms with van der Waals surface area (Å²) in [5, 5.41) is 12.3. The van der Waals surface area contributed by atoms with Gasteiger partial charge in [-0.25, -0.2) is 0 Å². The lowest BCUT2D eigenvalue weighted by Gasteiger charge is -2.35. The molecule has 0 aromatic heterocycles. The molecular formula is C10H17NO2. The van der Waals surface area contributed by atoms with Crippen LogP contribution in [0, 0.1) is 11.3 Å². The molecule has 2 N–H and O–H groups in total. The smallest absolute Gasteiger partial charge is 0.306 e. The first-order valence-electron chi connectivity index (χ1n) is 5.15. The molecule has 1 heterocycles. The highest BCUT2D eigenvalue weighted by molar-refractivity contribution is 5.70. The Morgan fingerprint density at radius 2 is 2.31 bits per heavy atom. The summed E-state index contributed by atoms with van der Waals surface area (Å²) in [6.45, 7) is 2.11. The summed E-state index contributed by atoms with van der Waals surface area (Å²) in [4.78, 5) is 10.9. The van der Waals surface area contributed by atoms with Crippen LogP contribution in [-0.2, 0) is 4.79 Å². The first-order valence-corrected chi connectivity index (χ1v) is 5.15. The summed E-state index contributed by atoms with van der Waals surface area (Å²) < 4.78 is 0. The maximum atomic E-state index is 10.9. The Morgan fingerprint density at radius 3 is 2.92 bits per heavy atom. The molecule has 2 fully saturated rings. The van der Waals surface area contributed by atoms with E-state index in [9.17, 15) is 4.79 Å². The largest absolute Gasteiger partial charge is 0.481 e. The van der Waals surface area contributed by atoms with Crippen molar-refractivity contribution in [1.82, 2.24) is 5.32 Å². The van der Waals surface area contributed by atoms with Gasteiger partial charge in [0, 0.05) is 6.54 Å². The van der Waals surface area contributed by atoms with Gasteiger partial charge in [-0.1, -0.05) is 6.42 Å². The highest BCUT2D eigenvalue weighted by Gasteiger charge is 2.40. The van der Waals surface area contributed by atoms with Gasteiger partial charge < -0.3 is 10.4 Å². The van der Waals surface area contributed by atoms with Crippen LogP contribution in [0.15, 0.2) is 0 Å². The van der Waals surface area contributed by atoms with Gasteiger partial charge in [0.15, 0.2) is 0 Å². The Labute approximate surface area is 78.5 Å². The second-order valence-electron chi connectivity index (χ2n) is 4.56. The minimum atomic E-state index is -0.592. The molecular weight excluding hydrogens is 166 g/mol. The van der Waals surface area contributed by atoms with E-state index in [1.54, 1.807) is 0 Å². The van der Waals surface area contributed by atoms with E-state index in [1.807, 2.05) is 0 Å². The topological polar surface area (TPSA) is 49.3 Å². The van der Waals surface area contributed by atoms with E-state index >= 15 is 0 Å². The number of carboxylic acid groups (broad SMARTS) is 1. The summed E-state index contributed by atoms with van der Waals surface area (Å²) >= 11 is 0. The number of aliphatic carboxylic acids is 1. The van der Waals surface area contributed by atoms with Crippen molar-refractivity contribution in [2.45, 2.75) is 32.1 Å². The molecule has 3 heteroatoms. The minimum Gasteiger partial charge on any atom is -0.481 e. The third-order valence-corrected chi connectivity index (χ3v) is 3.62. The van der Waals surface area contributed by atoms with E-state index in [0.717, 1.165) is 32.4 Å². The molecule has 2 rings (SSSR count). The molecule has 0 radical (unpaired) electrons. The fourth-order valence-corrected chi connectivity index (χ4v) is 2.84. The molecule has 13 heavy (non-hydrogen) atoms. The molecule has 1 saturated heterocycles. The Balaban J connectivity index is 2.02. The zero-order valence-corrected chi connectivity index (χ0v) is 7.88. The molecule has 2 aliphatic rings. The van der Waals surface area contributed by atoms with Crippen LogP contribution < -0.4 is 5.32 Å². The zero-order chi connectivity index (χ0) is 9.31. The highest BCUT2D eigenvalue weighted by Crippen LogP contribution is 2.43. The lowest BCUT2D eigenvalue weighted by Crippen LogP contribution is -2.33. The normalized spacial score (nSPS) is 39.5. The third kappa shape index (κ3) is 1.70. The number of hydrogen-bond acceptors (Lipinski definition) is 2. The Kier molecular flexibility index (Phi) is 2.28. The SMILES string of the molecule is O=C(O)C1CCCC2(CCNC2)C1. The van der Waals surface area contributed by atoms with E-state index in [1.165, 1.54) is 12.8 Å². The molecule has 0 aromatic carbocycles. The van der Waals surface area contributed by atoms with Crippen molar-refractivity contribution in [3.63, 3.8) is 0 Å². The number of hydrogen-bond donors (Lipinski definition) is 2. The van der Waals surface area contributed by atoms with Crippen LogP contribution in [0.1, 0.15) is 32.1 Å². The summed E-state index contributed by atoms with van der Waals surface area (Å²) in [5.41, 5.74) is 0.335. The molecule has 1 aliphatic carbocycles. The van der Waals surface area contributed by atoms with Crippen molar-refractivity contribution in [3.05, 3.63) is 0 Å². The standard InChI is InChI=1S/C10H17NO2/c12-9(13)8-2-1-3-10(6-8)4-5-11-7-10/h8,11H,1-7H2,(H,12,13).